The number of hydrogen-bond donors (Lipinski definition) is 2. The number of benzene rings is 1. The summed E-state index contributed by atoms with van der Waals surface area (Å²) in [6.07, 6.45) is -0.239. The highest BCUT2D eigenvalue weighted by Gasteiger charge is 2.59. The van der Waals surface area contributed by atoms with E-state index in [4.69, 9.17) is 50.0 Å². The molecule has 3 unspecified atom stereocenters. The van der Waals surface area contributed by atoms with E-state index >= 15 is 0 Å². The smallest absolute Gasteiger partial charge is 0.408 e. The van der Waals surface area contributed by atoms with Gasteiger partial charge in [-0.2, -0.15) is 0 Å². The molecule has 1 saturated heterocycles. The summed E-state index contributed by atoms with van der Waals surface area (Å²) in [6.45, 7) is 6.40. The second kappa shape index (κ2) is 11.4. The van der Waals surface area contributed by atoms with E-state index in [0.717, 1.165) is 11.8 Å². The lowest BCUT2D eigenvalue weighted by atomic mass is 9.85. The molecule has 0 radical (unpaired) electrons. The van der Waals surface area contributed by atoms with Gasteiger partial charge in [0, 0.05) is 0 Å². The van der Waals surface area contributed by atoms with E-state index in [1.54, 1.807) is 51.1 Å². The molecule has 1 aromatic rings. The van der Waals surface area contributed by atoms with E-state index < -0.39 is 62.5 Å². The summed E-state index contributed by atoms with van der Waals surface area (Å²) in [4.78, 5) is 53.7. The number of hydrogen-bond acceptors (Lipinski definition) is 8. The lowest BCUT2D eigenvalue weighted by Gasteiger charge is -2.50. The van der Waals surface area contributed by atoms with Gasteiger partial charge in [0.2, 0.25) is 9.70 Å². The van der Waals surface area contributed by atoms with Gasteiger partial charge in [0.15, 0.2) is 5.78 Å². The highest BCUT2D eigenvalue weighted by Crippen LogP contribution is 2.47. The van der Waals surface area contributed by atoms with E-state index in [1.807, 2.05) is 6.92 Å². The average molecular weight is 593 g/mol. The van der Waals surface area contributed by atoms with E-state index in [9.17, 15) is 19.2 Å². The van der Waals surface area contributed by atoms with E-state index in [2.05, 4.69) is 5.32 Å². The Bertz CT molecular complexity index is 1110. The zero-order chi connectivity index (χ0) is 27.7. The molecular weight excluding hydrogens is 565 g/mol. The summed E-state index contributed by atoms with van der Waals surface area (Å²) in [6, 6.07) is 7.35. The predicted octanol–water partition coefficient (Wildman–Crippen LogP) is 4.22. The molecule has 9 nitrogen and oxygen atoms in total. The largest absolute Gasteiger partial charge is 0.456 e. The van der Waals surface area contributed by atoms with Crippen molar-refractivity contribution >= 4 is 70.3 Å². The lowest BCUT2D eigenvalue weighted by molar-refractivity contribution is -0.159. The van der Waals surface area contributed by atoms with E-state index in [-0.39, 0.29) is 5.70 Å². The molecule has 13 heteroatoms. The molecule has 2 aliphatic rings. The highest BCUT2D eigenvalue weighted by molar-refractivity contribution is 8.00. The average Bonchev–Trinajstić information content (AvgIpc) is 2.82. The van der Waals surface area contributed by atoms with Crippen molar-refractivity contribution in [3.05, 3.63) is 47.2 Å². The number of Topliss-reactive ketones (excluding diaryl/α,β-unsaturated/α-hetero) is 1. The van der Waals surface area contributed by atoms with Crippen molar-refractivity contribution in [1.82, 2.24) is 10.2 Å². The van der Waals surface area contributed by atoms with Crippen LogP contribution in [0.15, 0.2) is 41.6 Å². The first-order valence-electron chi connectivity index (χ1n) is 11.4. The van der Waals surface area contributed by atoms with E-state index in [0.29, 0.717) is 17.6 Å². The minimum Gasteiger partial charge on any atom is -0.456 e. The van der Waals surface area contributed by atoms with Crippen LogP contribution in [0.25, 0.3) is 0 Å². The van der Waals surface area contributed by atoms with Crippen molar-refractivity contribution < 1.29 is 28.7 Å². The lowest BCUT2D eigenvalue weighted by Crippen LogP contribution is -2.66. The molecule has 1 aromatic carbocycles. The Morgan fingerprint density at radius 1 is 1.19 bits per heavy atom. The van der Waals surface area contributed by atoms with Crippen molar-refractivity contribution in [2.45, 2.75) is 60.3 Å². The van der Waals surface area contributed by atoms with Gasteiger partial charge in [-0.15, -0.1) is 11.8 Å². The predicted molar refractivity (Wildman–Crippen MR) is 142 cm³/mol. The minimum atomic E-state index is -1.85. The number of nitrogens with two attached hydrogens (primary N) is 1. The Hall–Kier alpha value is -1.98. The molecule has 37 heavy (non-hydrogen) atoms. The standard InChI is InChI=1S/C24H28Cl3N3O6S/c1-5-23(3,4)36-22(34)29-15(13-9-7-6-8-10-13)17(31)14-19(32)30-16(12(2)18(28)37-20(14)30)21(33)35-11-24(25,26)27/h6-10,14-15,18,20H,5,11,28H2,1-4H3,(H,29,34)/t14?,15?,18?,20-/m1/s1. The maximum Gasteiger partial charge on any atom is 0.408 e. The molecule has 0 bridgehead atoms. The van der Waals surface area contributed by atoms with Crippen LogP contribution in [0.3, 0.4) is 0 Å². The van der Waals surface area contributed by atoms with Gasteiger partial charge in [-0.05, 0) is 38.3 Å². The summed E-state index contributed by atoms with van der Waals surface area (Å²) in [5.41, 5.74) is 6.23. The number of carbonyl (C=O) groups is 4. The molecule has 1 fully saturated rings. The van der Waals surface area contributed by atoms with E-state index in [1.165, 1.54) is 4.90 Å². The number of esters is 1. The maximum absolute atomic E-state index is 13.7. The maximum atomic E-state index is 13.7. The molecule has 3 rings (SSSR count). The Balaban J connectivity index is 1.86. The van der Waals surface area contributed by atoms with Gasteiger partial charge in [-0.1, -0.05) is 72.1 Å². The number of thioether (sulfide) groups is 1. The SMILES string of the molecule is CCC(C)(C)OC(=O)NC(C(=O)C1C(=O)N2C(C(=O)OCC(Cl)(Cl)Cl)=C(C)C(N)S[C@H]12)c1ccccc1. The summed E-state index contributed by atoms with van der Waals surface area (Å²) in [5.74, 6) is -3.26. The van der Waals surface area contributed by atoms with Crippen molar-refractivity contribution in [2.75, 3.05) is 6.61 Å². The van der Waals surface area contributed by atoms with Gasteiger partial charge in [-0.25, -0.2) is 9.59 Å². The van der Waals surface area contributed by atoms with Gasteiger partial charge in [0.05, 0.1) is 5.37 Å². The normalized spacial score (nSPS) is 22.5. The minimum absolute atomic E-state index is 0.0899. The van der Waals surface area contributed by atoms with Crippen LogP contribution in [0.5, 0.6) is 0 Å². The number of halogens is 3. The fourth-order valence-electron chi connectivity index (χ4n) is 3.77. The molecule has 202 valence electrons. The zero-order valence-corrected chi connectivity index (χ0v) is 23.7. The zero-order valence-electron chi connectivity index (χ0n) is 20.6. The fourth-order valence-corrected chi connectivity index (χ4v) is 5.29. The van der Waals surface area contributed by atoms with Gasteiger partial charge in [0.25, 0.3) is 0 Å². The molecule has 3 N–H and O–H groups in total. The first kappa shape index (κ1) is 29.6. The Morgan fingerprint density at radius 3 is 2.38 bits per heavy atom. The molecule has 2 heterocycles. The molecule has 2 aliphatic heterocycles. The second-order valence-electron chi connectivity index (χ2n) is 9.25. The van der Waals surface area contributed by atoms with Crippen LogP contribution in [0.1, 0.15) is 45.7 Å². The molecule has 0 spiro atoms. The number of ketones is 1. The van der Waals surface area contributed by atoms with Crippen LogP contribution in [0.2, 0.25) is 0 Å². The van der Waals surface area contributed by atoms with Gasteiger partial charge < -0.3 is 20.5 Å². The number of carbonyl (C=O) groups excluding carboxylic acids is 4. The van der Waals surface area contributed by atoms with Gasteiger partial charge in [-0.3, -0.25) is 14.5 Å². The van der Waals surface area contributed by atoms with Crippen molar-refractivity contribution in [3.8, 4) is 0 Å². The second-order valence-corrected chi connectivity index (χ2v) is 13.0. The van der Waals surface area contributed by atoms with Crippen LogP contribution in [-0.2, 0) is 23.9 Å². The summed E-state index contributed by atoms with van der Waals surface area (Å²) in [5, 5.41) is 1.13. The van der Waals surface area contributed by atoms with Gasteiger partial charge in [0.1, 0.15) is 35.2 Å². The van der Waals surface area contributed by atoms with Crippen LogP contribution in [0, 0.1) is 5.92 Å². The van der Waals surface area contributed by atoms with Crippen LogP contribution >= 0.6 is 46.6 Å². The molecule has 4 atom stereocenters. The molecule has 0 aromatic heterocycles. The van der Waals surface area contributed by atoms with Crippen molar-refractivity contribution in [1.29, 1.82) is 0 Å². The monoisotopic (exact) mass is 591 g/mol. The Kier molecular flexibility index (Phi) is 9.12. The quantitative estimate of drug-likeness (QED) is 0.199. The molecule has 2 amide bonds. The molecule has 0 aliphatic carbocycles. The van der Waals surface area contributed by atoms with Crippen LogP contribution in [0.4, 0.5) is 4.79 Å². The van der Waals surface area contributed by atoms with Crippen molar-refractivity contribution in [3.63, 3.8) is 0 Å². The number of nitrogens with zero attached hydrogens (tertiary/aromatic N) is 1. The third kappa shape index (κ3) is 6.72. The summed E-state index contributed by atoms with van der Waals surface area (Å²) >= 11 is 18.2. The number of rotatable bonds is 8. The van der Waals surface area contributed by atoms with Crippen LogP contribution in [-0.4, -0.2) is 55.4 Å². The molecular formula is C24H28Cl3N3O6S. The number of β-lactam (4-membered cyclic amide) rings is 1. The number of alkyl carbamates (subject to hydrolysis) is 1. The Labute approximate surface area is 234 Å². The highest BCUT2D eigenvalue weighted by atomic mass is 35.6. The number of alkyl halides is 3. The third-order valence-electron chi connectivity index (χ3n) is 6.14. The van der Waals surface area contributed by atoms with Crippen molar-refractivity contribution in [2.24, 2.45) is 11.7 Å². The topological polar surface area (TPSA) is 128 Å². The number of fused-ring (bicyclic) bond motifs is 1. The number of ether oxygens (including phenoxy) is 2. The third-order valence-corrected chi connectivity index (χ3v) is 7.87. The Morgan fingerprint density at radius 2 is 1.81 bits per heavy atom. The fraction of sp³-hybridized carbons (Fsp3) is 0.500. The summed E-state index contributed by atoms with van der Waals surface area (Å²) < 4.78 is 8.70. The van der Waals surface area contributed by atoms with Gasteiger partial charge >= 0.3 is 12.1 Å². The number of amides is 2. The first-order chi connectivity index (χ1) is 17.2. The van der Waals surface area contributed by atoms with Crippen LogP contribution < -0.4 is 11.1 Å². The first-order valence-corrected chi connectivity index (χ1v) is 13.5. The number of nitrogens with one attached hydrogen (secondary N) is 1. The summed E-state index contributed by atoms with van der Waals surface area (Å²) in [7, 11) is 0. The molecule has 0 saturated carbocycles.